The summed E-state index contributed by atoms with van der Waals surface area (Å²) in [4.78, 5) is 16.1. The summed E-state index contributed by atoms with van der Waals surface area (Å²) < 4.78 is 0. The van der Waals surface area contributed by atoms with Crippen LogP contribution in [0.3, 0.4) is 0 Å². The van der Waals surface area contributed by atoms with Gasteiger partial charge in [0, 0.05) is 48.8 Å². The zero-order chi connectivity index (χ0) is 18.5. The minimum atomic E-state index is -0.0461. The van der Waals surface area contributed by atoms with E-state index in [2.05, 4.69) is 34.5 Å². The Bertz CT molecular complexity index is 722. The number of nitrogens with zero attached hydrogens (tertiary/aromatic N) is 1. The SMILES string of the molecule is CN(C)c1ccc([C@@H](CNC(=O)c2ccc(Cl)cc2)[NH+]2CCCC2)cc1. The molecular weight excluding hydrogens is 346 g/mol. The van der Waals surface area contributed by atoms with Crippen molar-refractivity contribution in [3.8, 4) is 0 Å². The zero-order valence-electron chi connectivity index (χ0n) is 15.5. The lowest BCUT2D eigenvalue weighted by molar-refractivity contribution is -0.918. The molecule has 1 fully saturated rings. The number of amides is 1. The van der Waals surface area contributed by atoms with Gasteiger partial charge < -0.3 is 15.1 Å². The first-order chi connectivity index (χ1) is 12.5. The predicted octanol–water partition coefficient (Wildman–Crippen LogP) is 2.56. The van der Waals surface area contributed by atoms with Gasteiger partial charge in [0.2, 0.25) is 0 Å². The maximum atomic E-state index is 12.5. The third-order valence-corrected chi connectivity index (χ3v) is 5.38. The first kappa shape index (κ1) is 18.7. The van der Waals surface area contributed by atoms with Crippen molar-refractivity contribution in [2.45, 2.75) is 18.9 Å². The van der Waals surface area contributed by atoms with E-state index < -0.39 is 0 Å². The molecule has 1 atom stereocenters. The average molecular weight is 373 g/mol. The number of rotatable bonds is 6. The van der Waals surface area contributed by atoms with E-state index in [1.807, 2.05) is 14.1 Å². The van der Waals surface area contributed by atoms with E-state index in [9.17, 15) is 4.79 Å². The van der Waals surface area contributed by atoms with E-state index in [1.165, 1.54) is 24.1 Å². The molecule has 0 bridgehead atoms. The topological polar surface area (TPSA) is 36.8 Å². The highest BCUT2D eigenvalue weighted by Gasteiger charge is 2.28. The molecule has 0 unspecified atom stereocenters. The Morgan fingerprint density at radius 2 is 1.69 bits per heavy atom. The fraction of sp³-hybridized carbons (Fsp3) is 0.381. The number of quaternary nitrogens is 1. The van der Waals surface area contributed by atoms with Crippen molar-refractivity contribution >= 4 is 23.2 Å². The van der Waals surface area contributed by atoms with Crippen LogP contribution in [0.4, 0.5) is 5.69 Å². The Balaban J connectivity index is 1.72. The highest BCUT2D eigenvalue weighted by molar-refractivity contribution is 6.30. The monoisotopic (exact) mass is 372 g/mol. The molecule has 2 N–H and O–H groups in total. The first-order valence-electron chi connectivity index (χ1n) is 9.20. The number of halogens is 1. The summed E-state index contributed by atoms with van der Waals surface area (Å²) in [5.41, 5.74) is 3.12. The Morgan fingerprint density at radius 3 is 2.27 bits per heavy atom. The fourth-order valence-corrected chi connectivity index (χ4v) is 3.70. The van der Waals surface area contributed by atoms with Crippen LogP contribution in [-0.2, 0) is 0 Å². The van der Waals surface area contributed by atoms with Gasteiger partial charge in [0.15, 0.2) is 0 Å². The van der Waals surface area contributed by atoms with E-state index in [0.29, 0.717) is 17.1 Å². The van der Waals surface area contributed by atoms with E-state index in [1.54, 1.807) is 29.2 Å². The van der Waals surface area contributed by atoms with Gasteiger partial charge in [-0.1, -0.05) is 23.7 Å². The maximum Gasteiger partial charge on any atom is 0.251 e. The number of hydrogen-bond acceptors (Lipinski definition) is 2. The second kappa shape index (κ2) is 8.56. The van der Waals surface area contributed by atoms with Gasteiger partial charge >= 0.3 is 0 Å². The van der Waals surface area contributed by atoms with Crippen molar-refractivity contribution in [3.63, 3.8) is 0 Å². The maximum absolute atomic E-state index is 12.5. The molecular formula is C21H27ClN3O+. The fourth-order valence-electron chi connectivity index (χ4n) is 3.58. The number of likely N-dealkylation sites (tertiary alicyclic amines) is 1. The van der Waals surface area contributed by atoms with Crippen molar-refractivity contribution in [3.05, 3.63) is 64.7 Å². The van der Waals surface area contributed by atoms with Crippen LogP contribution in [-0.4, -0.2) is 39.6 Å². The molecule has 0 spiro atoms. The number of benzene rings is 2. The van der Waals surface area contributed by atoms with E-state index in [4.69, 9.17) is 11.6 Å². The lowest BCUT2D eigenvalue weighted by Crippen LogP contribution is -3.11. The van der Waals surface area contributed by atoms with Crippen molar-refractivity contribution < 1.29 is 9.69 Å². The molecule has 138 valence electrons. The normalized spacial score (nSPS) is 15.7. The van der Waals surface area contributed by atoms with Gasteiger partial charge in [0.25, 0.3) is 5.91 Å². The molecule has 4 nitrogen and oxygen atoms in total. The molecule has 1 saturated heterocycles. The summed E-state index contributed by atoms with van der Waals surface area (Å²) in [6.07, 6.45) is 2.51. The van der Waals surface area contributed by atoms with Crippen LogP contribution < -0.4 is 15.1 Å². The molecule has 0 aromatic heterocycles. The van der Waals surface area contributed by atoms with Crippen LogP contribution in [0.1, 0.15) is 34.8 Å². The summed E-state index contributed by atoms with van der Waals surface area (Å²) in [5.74, 6) is -0.0461. The van der Waals surface area contributed by atoms with Crippen LogP contribution in [0.5, 0.6) is 0 Å². The predicted molar refractivity (Wildman–Crippen MR) is 107 cm³/mol. The van der Waals surface area contributed by atoms with Gasteiger partial charge in [-0.25, -0.2) is 0 Å². The van der Waals surface area contributed by atoms with Gasteiger partial charge in [-0.05, 0) is 36.4 Å². The molecule has 26 heavy (non-hydrogen) atoms. The molecule has 1 heterocycles. The molecule has 2 aromatic carbocycles. The van der Waals surface area contributed by atoms with Crippen LogP contribution >= 0.6 is 11.6 Å². The van der Waals surface area contributed by atoms with E-state index in [0.717, 1.165) is 13.1 Å². The molecule has 5 heteroatoms. The Labute approximate surface area is 160 Å². The minimum Gasteiger partial charge on any atom is -0.378 e. The average Bonchev–Trinajstić information content (AvgIpc) is 3.17. The van der Waals surface area contributed by atoms with Crippen molar-refractivity contribution in [1.29, 1.82) is 0 Å². The molecule has 0 radical (unpaired) electrons. The Kier molecular flexibility index (Phi) is 6.17. The van der Waals surface area contributed by atoms with Gasteiger partial charge in [-0.15, -0.1) is 0 Å². The third kappa shape index (κ3) is 4.57. The second-order valence-electron chi connectivity index (χ2n) is 7.12. The van der Waals surface area contributed by atoms with E-state index >= 15 is 0 Å². The highest BCUT2D eigenvalue weighted by atomic mass is 35.5. The third-order valence-electron chi connectivity index (χ3n) is 5.12. The number of nitrogens with one attached hydrogen (secondary N) is 2. The summed E-state index contributed by atoms with van der Waals surface area (Å²) >= 11 is 5.91. The molecule has 0 aliphatic carbocycles. The number of anilines is 1. The molecule has 2 aromatic rings. The van der Waals surface area contributed by atoms with Crippen LogP contribution in [0.25, 0.3) is 0 Å². The molecule has 3 rings (SSSR count). The summed E-state index contributed by atoms with van der Waals surface area (Å²) in [7, 11) is 4.09. The van der Waals surface area contributed by atoms with Crippen LogP contribution in [0.2, 0.25) is 5.02 Å². The van der Waals surface area contributed by atoms with E-state index in [-0.39, 0.29) is 11.9 Å². The van der Waals surface area contributed by atoms with Gasteiger partial charge in [-0.2, -0.15) is 0 Å². The van der Waals surface area contributed by atoms with Gasteiger partial charge in [0.05, 0.1) is 19.6 Å². The first-order valence-corrected chi connectivity index (χ1v) is 9.58. The molecule has 0 saturated carbocycles. The smallest absolute Gasteiger partial charge is 0.251 e. The molecule has 1 aliphatic rings. The lowest BCUT2D eigenvalue weighted by atomic mass is 10.0. The van der Waals surface area contributed by atoms with Crippen molar-refractivity contribution in [2.75, 3.05) is 38.6 Å². The lowest BCUT2D eigenvalue weighted by Gasteiger charge is -2.26. The number of hydrogen-bond donors (Lipinski definition) is 2. The number of carbonyl (C=O) groups excluding carboxylic acids is 1. The van der Waals surface area contributed by atoms with Crippen LogP contribution in [0.15, 0.2) is 48.5 Å². The summed E-state index contributed by atoms with van der Waals surface area (Å²) in [6, 6.07) is 16.0. The Morgan fingerprint density at radius 1 is 1.08 bits per heavy atom. The van der Waals surface area contributed by atoms with Gasteiger partial charge in [0.1, 0.15) is 6.04 Å². The van der Waals surface area contributed by atoms with Crippen LogP contribution in [0, 0.1) is 0 Å². The van der Waals surface area contributed by atoms with Crippen molar-refractivity contribution in [1.82, 2.24) is 5.32 Å². The van der Waals surface area contributed by atoms with Crippen molar-refractivity contribution in [2.24, 2.45) is 0 Å². The Hall–Kier alpha value is -2.04. The summed E-state index contributed by atoms with van der Waals surface area (Å²) in [5, 5.41) is 3.76. The molecule has 1 aliphatic heterocycles. The largest absolute Gasteiger partial charge is 0.378 e. The summed E-state index contributed by atoms with van der Waals surface area (Å²) in [6.45, 7) is 2.96. The van der Waals surface area contributed by atoms with Gasteiger partial charge in [-0.3, -0.25) is 4.79 Å². The quantitative estimate of drug-likeness (QED) is 0.817. The standard InChI is InChI=1S/C21H26ClN3O/c1-24(2)19-11-7-16(8-12-19)20(25-13-3-4-14-25)15-23-21(26)17-5-9-18(22)10-6-17/h5-12,20H,3-4,13-15H2,1-2H3,(H,23,26)/p+1/t20-/m1/s1. The minimum absolute atomic E-state index is 0.0461. The zero-order valence-corrected chi connectivity index (χ0v) is 16.2. The number of carbonyl (C=O) groups is 1. The second-order valence-corrected chi connectivity index (χ2v) is 7.56. The highest BCUT2D eigenvalue weighted by Crippen LogP contribution is 2.17. The molecule has 1 amide bonds.